The van der Waals surface area contributed by atoms with Crippen LogP contribution in [0.25, 0.3) is 11.4 Å². The molecular formula is C16H14N4O4S. The molecule has 0 aliphatic heterocycles. The maximum Gasteiger partial charge on any atom is 0.285 e. The van der Waals surface area contributed by atoms with Crippen LogP contribution in [0, 0.1) is 6.92 Å². The summed E-state index contributed by atoms with van der Waals surface area (Å²) in [6, 6.07) is 11.3. The van der Waals surface area contributed by atoms with E-state index in [-0.39, 0.29) is 10.6 Å². The first-order valence-electron chi connectivity index (χ1n) is 7.25. The van der Waals surface area contributed by atoms with E-state index in [0.717, 1.165) is 23.9 Å². The zero-order valence-corrected chi connectivity index (χ0v) is 13.9. The summed E-state index contributed by atoms with van der Waals surface area (Å²) >= 11 is 0. The Labute approximate surface area is 143 Å². The van der Waals surface area contributed by atoms with E-state index < -0.39 is 21.5 Å². The molecule has 3 N–H and O–H groups in total. The monoisotopic (exact) mass is 358 g/mol. The number of carbonyl (C=O) groups excluding carboxylic acids is 1. The molecule has 0 aliphatic carbocycles. The van der Waals surface area contributed by atoms with Crippen LogP contribution >= 0.6 is 0 Å². The van der Waals surface area contributed by atoms with Crippen molar-refractivity contribution >= 4 is 15.9 Å². The maximum absolute atomic E-state index is 12.3. The Morgan fingerprint density at radius 2 is 1.84 bits per heavy atom. The van der Waals surface area contributed by atoms with E-state index in [1.165, 1.54) is 0 Å². The summed E-state index contributed by atoms with van der Waals surface area (Å²) in [5.41, 5.74) is 0.744. The third-order valence-electron chi connectivity index (χ3n) is 3.44. The van der Waals surface area contributed by atoms with Crippen LogP contribution in [-0.4, -0.2) is 29.3 Å². The number of aromatic nitrogens is 3. The largest absolute Gasteiger partial charge is 0.341 e. The van der Waals surface area contributed by atoms with Crippen molar-refractivity contribution in [2.45, 2.75) is 11.8 Å². The molecular weight excluding hydrogens is 344 g/mol. The SMILES string of the molecule is Cc1[nH]c(-c2ccccc2)nc1C(=O)NS(=O)(=O)c1ccc(=O)[nH]c1. The van der Waals surface area contributed by atoms with Crippen LogP contribution in [-0.2, 0) is 10.0 Å². The summed E-state index contributed by atoms with van der Waals surface area (Å²) in [6.45, 7) is 1.63. The zero-order chi connectivity index (χ0) is 18.0. The Kier molecular flexibility index (Phi) is 4.24. The molecule has 0 fully saturated rings. The Hall–Kier alpha value is -3.20. The molecule has 8 nitrogen and oxygen atoms in total. The van der Waals surface area contributed by atoms with Gasteiger partial charge in [-0.25, -0.2) is 18.1 Å². The van der Waals surface area contributed by atoms with E-state index in [9.17, 15) is 18.0 Å². The molecule has 0 saturated heterocycles. The van der Waals surface area contributed by atoms with E-state index in [1.54, 1.807) is 6.92 Å². The van der Waals surface area contributed by atoms with Crippen LogP contribution in [0.15, 0.2) is 58.4 Å². The van der Waals surface area contributed by atoms with Gasteiger partial charge in [-0.2, -0.15) is 0 Å². The second-order valence-electron chi connectivity index (χ2n) is 5.25. The van der Waals surface area contributed by atoms with Gasteiger partial charge in [-0.15, -0.1) is 0 Å². The first-order valence-corrected chi connectivity index (χ1v) is 8.73. The van der Waals surface area contributed by atoms with Crippen molar-refractivity contribution in [3.63, 3.8) is 0 Å². The molecule has 2 aromatic heterocycles. The summed E-state index contributed by atoms with van der Waals surface area (Å²) in [4.78, 5) is 32.5. The van der Waals surface area contributed by atoms with Gasteiger partial charge in [0.2, 0.25) is 5.56 Å². The van der Waals surface area contributed by atoms with E-state index in [1.807, 2.05) is 35.1 Å². The van der Waals surface area contributed by atoms with Crippen molar-refractivity contribution in [1.29, 1.82) is 0 Å². The number of nitrogens with one attached hydrogen (secondary N) is 3. The van der Waals surface area contributed by atoms with Gasteiger partial charge < -0.3 is 9.97 Å². The molecule has 0 unspecified atom stereocenters. The molecule has 3 rings (SSSR count). The van der Waals surface area contributed by atoms with Crippen LogP contribution in [0.2, 0.25) is 0 Å². The number of hydrogen-bond donors (Lipinski definition) is 3. The molecule has 2 heterocycles. The van der Waals surface area contributed by atoms with Crippen molar-refractivity contribution in [2.24, 2.45) is 0 Å². The van der Waals surface area contributed by atoms with E-state index >= 15 is 0 Å². The van der Waals surface area contributed by atoms with Gasteiger partial charge in [0.1, 0.15) is 10.7 Å². The van der Waals surface area contributed by atoms with Crippen molar-refractivity contribution < 1.29 is 13.2 Å². The van der Waals surface area contributed by atoms with Gasteiger partial charge >= 0.3 is 0 Å². The predicted octanol–water partition coefficient (Wildman–Crippen LogP) is 1.19. The van der Waals surface area contributed by atoms with Crippen molar-refractivity contribution in [1.82, 2.24) is 19.7 Å². The highest BCUT2D eigenvalue weighted by Gasteiger charge is 2.22. The molecule has 0 aliphatic rings. The van der Waals surface area contributed by atoms with Gasteiger partial charge in [-0.3, -0.25) is 9.59 Å². The van der Waals surface area contributed by atoms with Gasteiger partial charge in [-0.05, 0) is 13.0 Å². The molecule has 0 saturated carbocycles. The Morgan fingerprint density at radius 3 is 2.48 bits per heavy atom. The fourth-order valence-corrected chi connectivity index (χ4v) is 3.13. The number of imidazole rings is 1. The molecule has 25 heavy (non-hydrogen) atoms. The van der Waals surface area contributed by atoms with E-state index in [4.69, 9.17) is 0 Å². The molecule has 3 aromatic rings. The Balaban J connectivity index is 1.88. The zero-order valence-electron chi connectivity index (χ0n) is 13.1. The normalized spacial score (nSPS) is 11.2. The van der Waals surface area contributed by atoms with Crippen molar-refractivity contribution in [3.8, 4) is 11.4 Å². The summed E-state index contributed by atoms with van der Waals surface area (Å²) < 4.78 is 26.4. The van der Waals surface area contributed by atoms with Gasteiger partial charge in [-0.1, -0.05) is 30.3 Å². The molecule has 9 heteroatoms. The third kappa shape index (κ3) is 3.50. The highest BCUT2D eigenvalue weighted by Crippen LogP contribution is 2.18. The van der Waals surface area contributed by atoms with E-state index in [2.05, 4.69) is 15.0 Å². The van der Waals surface area contributed by atoms with Crippen LogP contribution in [0.3, 0.4) is 0 Å². The highest BCUT2D eigenvalue weighted by molar-refractivity contribution is 7.90. The average Bonchev–Trinajstić information content (AvgIpc) is 2.98. The number of pyridine rings is 1. The topological polar surface area (TPSA) is 125 Å². The molecule has 1 amide bonds. The lowest BCUT2D eigenvalue weighted by Crippen LogP contribution is -2.31. The summed E-state index contributed by atoms with van der Waals surface area (Å²) in [5, 5.41) is 0. The quantitative estimate of drug-likeness (QED) is 0.646. The number of carbonyl (C=O) groups is 1. The first kappa shape index (κ1) is 16.7. The second-order valence-corrected chi connectivity index (χ2v) is 6.93. The minimum absolute atomic E-state index is 0.0214. The number of nitrogens with zero attached hydrogens (tertiary/aromatic N) is 1. The van der Waals surface area contributed by atoms with Gasteiger partial charge in [0.05, 0.1) is 0 Å². The van der Waals surface area contributed by atoms with Crippen molar-refractivity contribution in [2.75, 3.05) is 0 Å². The first-order chi connectivity index (χ1) is 11.9. The standard InChI is InChI=1S/C16H14N4O4S/c1-10-14(19-15(18-10)11-5-3-2-4-6-11)16(22)20-25(23,24)12-7-8-13(21)17-9-12/h2-9H,1H3,(H,17,21)(H,18,19)(H,20,22). The van der Waals surface area contributed by atoms with Crippen LogP contribution in [0.4, 0.5) is 0 Å². The van der Waals surface area contributed by atoms with Gasteiger partial charge in [0, 0.05) is 23.5 Å². The smallest absolute Gasteiger partial charge is 0.285 e. The Morgan fingerprint density at radius 1 is 1.12 bits per heavy atom. The Bertz CT molecular complexity index is 1060. The fourth-order valence-electron chi connectivity index (χ4n) is 2.21. The highest BCUT2D eigenvalue weighted by atomic mass is 32.2. The van der Waals surface area contributed by atoms with Crippen LogP contribution < -0.4 is 10.3 Å². The molecule has 0 atom stereocenters. The lowest BCUT2D eigenvalue weighted by molar-refractivity contribution is 0.0976. The number of amides is 1. The summed E-state index contributed by atoms with van der Waals surface area (Å²) in [5.74, 6) is -0.396. The van der Waals surface area contributed by atoms with Gasteiger partial charge in [0.25, 0.3) is 15.9 Å². The lowest BCUT2D eigenvalue weighted by Gasteiger charge is -2.05. The predicted molar refractivity (Wildman–Crippen MR) is 90.5 cm³/mol. The van der Waals surface area contributed by atoms with Gasteiger partial charge in [0.15, 0.2) is 5.69 Å². The minimum atomic E-state index is -4.12. The molecule has 0 spiro atoms. The second kappa shape index (κ2) is 6.36. The number of benzene rings is 1. The molecule has 0 bridgehead atoms. The molecule has 128 valence electrons. The number of aryl methyl sites for hydroxylation is 1. The van der Waals surface area contributed by atoms with Crippen LogP contribution in [0.1, 0.15) is 16.2 Å². The molecule has 0 radical (unpaired) electrons. The summed E-state index contributed by atoms with van der Waals surface area (Å²) in [7, 11) is -4.12. The third-order valence-corrected chi connectivity index (χ3v) is 4.77. The lowest BCUT2D eigenvalue weighted by atomic mass is 10.2. The summed E-state index contributed by atoms with van der Waals surface area (Å²) in [6.07, 6.45) is 1.02. The average molecular weight is 358 g/mol. The minimum Gasteiger partial charge on any atom is -0.341 e. The van der Waals surface area contributed by atoms with Crippen LogP contribution in [0.5, 0.6) is 0 Å². The number of sulfonamides is 1. The maximum atomic E-state index is 12.3. The molecule has 1 aromatic carbocycles. The number of hydrogen-bond acceptors (Lipinski definition) is 5. The number of H-pyrrole nitrogens is 2. The fraction of sp³-hybridized carbons (Fsp3) is 0.0625. The number of rotatable bonds is 4. The van der Waals surface area contributed by atoms with Crippen molar-refractivity contribution in [3.05, 3.63) is 70.4 Å². The van der Waals surface area contributed by atoms with E-state index in [0.29, 0.717) is 11.5 Å². The number of aromatic amines is 2.